The van der Waals surface area contributed by atoms with Crippen molar-refractivity contribution in [3.8, 4) is 5.75 Å². The smallest absolute Gasteiger partial charge is 0.259 e. The second-order valence-corrected chi connectivity index (χ2v) is 5.91. The molecule has 1 amide bonds. The molecule has 0 aromatic heterocycles. The maximum atomic E-state index is 13.8. The zero-order chi connectivity index (χ0) is 15.3. The summed E-state index contributed by atoms with van der Waals surface area (Å²) in [5.41, 5.74) is 0.620. The second-order valence-electron chi connectivity index (χ2n) is 5.91. The van der Waals surface area contributed by atoms with E-state index in [0.29, 0.717) is 12.1 Å². The third kappa shape index (κ3) is 5.17. The third-order valence-electron chi connectivity index (χ3n) is 2.70. The van der Waals surface area contributed by atoms with Gasteiger partial charge in [-0.15, -0.1) is 0 Å². The van der Waals surface area contributed by atoms with Gasteiger partial charge in [0.15, 0.2) is 18.2 Å². The van der Waals surface area contributed by atoms with E-state index in [9.17, 15) is 9.18 Å². The van der Waals surface area contributed by atoms with Gasteiger partial charge in [-0.3, -0.25) is 4.79 Å². The molecule has 0 spiro atoms. The summed E-state index contributed by atoms with van der Waals surface area (Å²) in [6.45, 7) is 6.40. The Morgan fingerprint density at radius 3 is 2.55 bits per heavy atom. The molecule has 0 radical (unpaired) electrons. The van der Waals surface area contributed by atoms with Gasteiger partial charge in [-0.2, -0.15) is 0 Å². The highest BCUT2D eigenvalue weighted by atomic mass is 19.1. The largest absolute Gasteiger partial charge is 0.480 e. The monoisotopic (exact) mass is 282 g/mol. The Hall–Kier alpha value is -1.62. The van der Waals surface area contributed by atoms with Crippen molar-refractivity contribution < 1.29 is 13.9 Å². The molecule has 0 aliphatic rings. The first kappa shape index (κ1) is 16.4. The zero-order valence-electron chi connectivity index (χ0n) is 12.8. The molecule has 112 valence electrons. The van der Waals surface area contributed by atoms with Crippen molar-refractivity contribution >= 4 is 5.91 Å². The van der Waals surface area contributed by atoms with Crippen LogP contribution in [-0.4, -0.2) is 37.0 Å². The molecular weight excluding hydrogens is 259 g/mol. The van der Waals surface area contributed by atoms with Gasteiger partial charge in [0.25, 0.3) is 5.91 Å². The summed E-state index contributed by atoms with van der Waals surface area (Å²) in [6.07, 6.45) is 0. The number of ether oxygens (including phenoxy) is 1. The molecule has 0 aliphatic carbocycles. The molecule has 1 aromatic rings. The molecular formula is C15H23FN2O2. The van der Waals surface area contributed by atoms with E-state index in [1.165, 1.54) is 11.0 Å². The van der Waals surface area contributed by atoms with Gasteiger partial charge in [0.05, 0.1) is 0 Å². The third-order valence-corrected chi connectivity index (χ3v) is 2.70. The number of hydrogen-bond acceptors (Lipinski definition) is 3. The molecule has 0 saturated carbocycles. The minimum absolute atomic E-state index is 0.0803. The van der Waals surface area contributed by atoms with Crippen molar-refractivity contribution in [3.05, 3.63) is 29.6 Å². The molecule has 0 saturated heterocycles. The number of benzene rings is 1. The molecule has 0 atom stereocenters. The summed E-state index contributed by atoms with van der Waals surface area (Å²) in [5.74, 6) is -0.521. The van der Waals surface area contributed by atoms with Gasteiger partial charge in [-0.25, -0.2) is 4.39 Å². The van der Waals surface area contributed by atoms with E-state index < -0.39 is 5.82 Å². The fourth-order valence-corrected chi connectivity index (χ4v) is 1.48. The Bertz CT molecular complexity index is 467. The number of amides is 1. The van der Waals surface area contributed by atoms with Gasteiger partial charge >= 0.3 is 0 Å². The van der Waals surface area contributed by atoms with Crippen molar-refractivity contribution in [1.82, 2.24) is 10.2 Å². The molecule has 0 unspecified atom stereocenters. The van der Waals surface area contributed by atoms with Crippen LogP contribution in [0.2, 0.25) is 0 Å². The average molecular weight is 282 g/mol. The lowest BCUT2D eigenvalue weighted by Gasteiger charge is -2.22. The highest BCUT2D eigenvalue weighted by Crippen LogP contribution is 2.23. The van der Waals surface area contributed by atoms with Crippen LogP contribution < -0.4 is 10.1 Å². The minimum atomic E-state index is -0.454. The topological polar surface area (TPSA) is 41.6 Å². The number of carbonyl (C=O) groups excluding carboxylic acids is 1. The summed E-state index contributed by atoms with van der Waals surface area (Å²) in [6, 6.07) is 4.75. The Labute approximate surface area is 119 Å². The lowest BCUT2D eigenvalue weighted by Crippen LogP contribution is -2.35. The first-order valence-electron chi connectivity index (χ1n) is 6.56. The van der Waals surface area contributed by atoms with Crippen molar-refractivity contribution in [2.45, 2.75) is 32.9 Å². The van der Waals surface area contributed by atoms with Crippen molar-refractivity contribution in [2.24, 2.45) is 0 Å². The number of likely N-dealkylation sites (N-methyl/N-ethyl adjacent to an activating group) is 1. The van der Waals surface area contributed by atoms with Crippen molar-refractivity contribution in [1.29, 1.82) is 0 Å². The van der Waals surface area contributed by atoms with Crippen molar-refractivity contribution in [3.63, 3.8) is 0 Å². The van der Waals surface area contributed by atoms with Gasteiger partial charge in [0.2, 0.25) is 0 Å². The zero-order valence-corrected chi connectivity index (χ0v) is 12.8. The summed E-state index contributed by atoms with van der Waals surface area (Å²) < 4.78 is 19.2. The molecule has 5 heteroatoms. The van der Waals surface area contributed by atoms with Crippen LogP contribution in [0.1, 0.15) is 26.3 Å². The first-order chi connectivity index (χ1) is 9.20. The van der Waals surface area contributed by atoms with E-state index in [0.717, 1.165) is 0 Å². The number of nitrogens with zero attached hydrogens (tertiary/aromatic N) is 1. The van der Waals surface area contributed by atoms with E-state index in [4.69, 9.17) is 4.74 Å². The Kier molecular flexibility index (Phi) is 5.51. The average Bonchev–Trinajstić information content (AvgIpc) is 2.33. The fourth-order valence-electron chi connectivity index (χ4n) is 1.48. The van der Waals surface area contributed by atoms with E-state index in [2.05, 4.69) is 5.32 Å². The molecule has 0 heterocycles. The number of carbonyl (C=O) groups is 1. The highest BCUT2D eigenvalue weighted by Gasteiger charge is 2.15. The van der Waals surface area contributed by atoms with Crippen molar-refractivity contribution in [2.75, 3.05) is 20.7 Å². The molecule has 0 fully saturated rings. The van der Waals surface area contributed by atoms with Gasteiger partial charge < -0.3 is 15.0 Å². The first-order valence-corrected chi connectivity index (χ1v) is 6.56. The number of hydrogen-bond donors (Lipinski definition) is 1. The van der Waals surface area contributed by atoms with E-state index in [-0.39, 0.29) is 23.8 Å². The molecule has 1 aromatic carbocycles. The lowest BCUT2D eigenvalue weighted by atomic mass is 10.1. The van der Waals surface area contributed by atoms with Crippen LogP contribution in [0, 0.1) is 5.82 Å². The highest BCUT2D eigenvalue weighted by molar-refractivity contribution is 5.77. The minimum Gasteiger partial charge on any atom is -0.480 e. The normalized spacial score (nSPS) is 11.3. The predicted octanol–water partition coefficient (Wildman–Crippen LogP) is 2.18. The summed E-state index contributed by atoms with van der Waals surface area (Å²) in [4.78, 5) is 12.9. The molecule has 0 bridgehead atoms. The SMILES string of the molecule is CN(C)C(=O)COc1c(F)cccc1CNC(C)(C)C. The van der Waals surface area contributed by atoms with Gasteiger partial charge in [-0.05, 0) is 26.8 Å². The number of para-hydroxylation sites is 1. The van der Waals surface area contributed by atoms with E-state index in [1.807, 2.05) is 20.8 Å². The predicted molar refractivity (Wildman–Crippen MR) is 77.2 cm³/mol. The standard InChI is InChI=1S/C15H23FN2O2/c1-15(2,3)17-9-11-7-6-8-12(16)14(11)20-10-13(19)18(4)5/h6-8,17H,9-10H2,1-5H3. The van der Waals surface area contributed by atoms with E-state index >= 15 is 0 Å². The van der Waals surface area contributed by atoms with Gasteiger partial charge in [-0.1, -0.05) is 12.1 Å². The number of rotatable bonds is 5. The second kappa shape index (κ2) is 6.70. The lowest BCUT2D eigenvalue weighted by molar-refractivity contribution is -0.130. The van der Waals surface area contributed by atoms with Gasteiger partial charge in [0.1, 0.15) is 0 Å². The summed E-state index contributed by atoms with van der Waals surface area (Å²) in [5, 5.41) is 3.27. The summed E-state index contributed by atoms with van der Waals surface area (Å²) >= 11 is 0. The maximum Gasteiger partial charge on any atom is 0.259 e. The molecule has 1 rings (SSSR count). The van der Waals surface area contributed by atoms with Crippen LogP contribution in [0.4, 0.5) is 4.39 Å². The molecule has 0 aliphatic heterocycles. The molecule has 20 heavy (non-hydrogen) atoms. The Morgan fingerprint density at radius 1 is 1.35 bits per heavy atom. The van der Waals surface area contributed by atoms with Crippen LogP contribution in [0.5, 0.6) is 5.75 Å². The quantitative estimate of drug-likeness (QED) is 0.900. The Morgan fingerprint density at radius 2 is 2.00 bits per heavy atom. The summed E-state index contributed by atoms with van der Waals surface area (Å²) in [7, 11) is 3.27. The molecule has 4 nitrogen and oxygen atoms in total. The molecule has 1 N–H and O–H groups in total. The van der Waals surface area contributed by atoms with Crippen LogP contribution in [-0.2, 0) is 11.3 Å². The number of nitrogens with one attached hydrogen (secondary N) is 1. The van der Waals surface area contributed by atoms with Crippen LogP contribution >= 0.6 is 0 Å². The Balaban J connectivity index is 2.80. The maximum absolute atomic E-state index is 13.8. The van der Waals surface area contributed by atoms with Crippen LogP contribution in [0.3, 0.4) is 0 Å². The van der Waals surface area contributed by atoms with E-state index in [1.54, 1.807) is 26.2 Å². The van der Waals surface area contributed by atoms with Crippen LogP contribution in [0.15, 0.2) is 18.2 Å². The van der Waals surface area contributed by atoms with Crippen LogP contribution in [0.25, 0.3) is 0 Å². The number of halogens is 1. The van der Waals surface area contributed by atoms with Gasteiger partial charge in [0, 0.05) is 31.7 Å². The fraction of sp³-hybridized carbons (Fsp3) is 0.533.